The van der Waals surface area contributed by atoms with Crippen molar-refractivity contribution in [2.75, 3.05) is 0 Å². The Hall–Kier alpha value is -3.01. The molecule has 0 aliphatic heterocycles. The number of ether oxygens (including phenoxy) is 1. The minimum Gasteiger partial charge on any atom is -0.448 e. The van der Waals surface area contributed by atoms with Crippen molar-refractivity contribution in [2.45, 2.75) is 13.0 Å². The summed E-state index contributed by atoms with van der Waals surface area (Å²) in [5, 5.41) is 0. The van der Waals surface area contributed by atoms with Gasteiger partial charge in [-0.25, -0.2) is 9.78 Å². The van der Waals surface area contributed by atoms with Gasteiger partial charge in [0.15, 0.2) is 11.8 Å². The first-order valence-corrected chi connectivity index (χ1v) is 7.42. The highest BCUT2D eigenvalue weighted by Gasteiger charge is 2.31. The molecule has 0 saturated heterocycles. The molecule has 4 nitrogen and oxygen atoms in total. The number of carbonyl (C=O) groups excluding carboxylic acids is 1. The van der Waals surface area contributed by atoms with Gasteiger partial charge in [0.2, 0.25) is 0 Å². The Bertz CT molecular complexity index is 842. The lowest BCUT2D eigenvalue weighted by atomic mass is 10.1. The second-order valence-electron chi connectivity index (χ2n) is 5.50. The number of nitrogens with zero attached hydrogens (tertiary/aromatic N) is 2. The van der Waals surface area contributed by atoms with Gasteiger partial charge in [0, 0.05) is 17.3 Å². The van der Waals surface area contributed by atoms with E-state index in [0.29, 0.717) is 0 Å². The first-order chi connectivity index (χ1) is 11.2. The van der Waals surface area contributed by atoms with Gasteiger partial charge in [0.25, 0.3) is 0 Å². The van der Waals surface area contributed by atoms with Gasteiger partial charge in [0.05, 0.1) is 11.9 Å². The molecule has 0 N–H and O–H groups in total. The lowest BCUT2D eigenvalue weighted by Gasteiger charge is -2.14. The molecule has 4 heteroatoms. The molecule has 0 bridgehead atoms. The molecule has 112 valence electrons. The van der Waals surface area contributed by atoms with Crippen molar-refractivity contribution in [1.82, 2.24) is 9.97 Å². The summed E-state index contributed by atoms with van der Waals surface area (Å²) in [4.78, 5) is 20.6. The average Bonchev–Trinajstić information content (AvgIpc) is 2.90. The van der Waals surface area contributed by atoms with E-state index in [-0.39, 0.29) is 5.69 Å². The first kappa shape index (κ1) is 13.6. The van der Waals surface area contributed by atoms with Crippen LogP contribution in [-0.4, -0.2) is 15.9 Å². The number of esters is 1. The summed E-state index contributed by atoms with van der Waals surface area (Å²) in [6.07, 6.45) is 2.61. The Morgan fingerprint density at radius 3 is 2.09 bits per heavy atom. The first-order valence-electron chi connectivity index (χ1n) is 7.42. The van der Waals surface area contributed by atoms with Crippen LogP contribution in [0.25, 0.3) is 11.1 Å². The van der Waals surface area contributed by atoms with Gasteiger partial charge in [-0.1, -0.05) is 48.5 Å². The molecule has 1 aliphatic carbocycles. The van der Waals surface area contributed by atoms with E-state index in [1.54, 1.807) is 6.20 Å². The second-order valence-corrected chi connectivity index (χ2v) is 5.50. The molecule has 4 rings (SSSR count). The maximum atomic E-state index is 12.4. The summed E-state index contributed by atoms with van der Waals surface area (Å²) in [6.45, 7) is 1.82. The number of benzene rings is 2. The van der Waals surface area contributed by atoms with E-state index in [4.69, 9.17) is 4.74 Å². The van der Waals surface area contributed by atoms with E-state index in [0.717, 1.165) is 27.9 Å². The fourth-order valence-corrected chi connectivity index (χ4v) is 2.90. The Morgan fingerprint density at radius 2 is 1.52 bits per heavy atom. The van der Waals surface area contributed by atoms with E-state index in [1.807, 2.05) is 55.5 Å². The molecule has 1 heterocycles. The molecule has 0 saturated carbocycles. The molecule has 1 aromatic heterocycles. The quantitative estimate of drug-likeness (QED) is 0.677. The molecule has 2 aromatic carbocycles. The van der Waals surface area contributed by atoms with E-state index in [1.165, 1.54) is 6.20 Å². The van der Waals surface area contributed by atoms with Gasteiger partial charge >= 0.3 is 5.97 Å². The monoisotopic (exact) mass is 302 g/mol. The zero-order valence-corrected chi connectivity index (χ0v) is 12.6. The third-order valence-corrected chi connectivity index (χ3v) is 3.99. The van der Waals surface area contributed by atoms with Crippen LogP contribution in [0.2, 0.25) is 0 Å². The molecular formula is C19H14N2O2. The molecule has 0 amide bonds. The number of aromatic nitrogens is 2. The molecule has 1 aliphatic rings. The van der Waals surface area contributed by atoms with Crippen LogP contribution in [0.15, 0.2) is 60.9 Å². The Balaban J connectivity index is 1.71. The highest BCUT2D eigenvalue weighted by Crippen LogP contribution is 2.45. The molecule has 0 atom stereocenters. The Kier molecular flexibility index (Phi) is 3.15. The third kappa shape index (κ3) is 2.28. The van der Waals surface area contributed by atoms with Crippen LogP contribution in [0.1, 0.15) is 33.4 Å². The van der Waals surface area contributed by atoms with E-state index >= 15 is 0 Å². The normalized spacial score (nSPS) is 12.6. The van der Waals surface area contributed by atoms with E-state index in [2.05, 4.69) is 9.97 Å². The molecule has 23 heavy (non-hydrogen) atoms. The van der Waals surface area contributed by atoms with Crippen LogP contribution in [0.4, 0.5) is 0 Å². The van der Waals surface area contributed by atoms with Gasteiger partial charge in [-0.3, -0.25) is 4.98 Å². The number of rotatable bonds is 2. The summed E-state index contributed by atoms with van der Waals surface area (Å²) in [7, 11) is 0. The number of aryl methyl sites for hydroxylation is 1. The van der Waals surface area contributed by atoms with Gasteiger partial charge in [-0.05, 0) is 18.1 Å². The topological polar surface area (TPSA) is 52.1 Å². The van der Waals surface area contributed by atoms with Crippen LogP contribution in [-0.2, 0) is 4.74 Å². The predicted octanol–water partition coefficient (Wildman–Crippen LogP) is 3.71. The molecule has 0 radical (unpaired) electrons. The Morgan fingerprint density at radius 1 is 0.913 bits per heavy atom. The maximum Gasteiger partial charge on any atom is 0.359 e. The maximum absolute atomic E-state index is 12.4. The predicted molar refractivity (Wildman–Crippen MR) is 85.9 cm³/mol. The lowest BCUT2D eigenvalue weighted by Crippen LogP contribution is -2.12. The van der Waals surface area contributed by atoms with Crippen LogP contribution in [0.5, 0.6) is 0 Å². The molecule has 0 unspecified atom stereocenters. The summed E-state index contributed by atoms with van der Waals surface area (Å²) >= 11 is 0. The minimum absolute atomic E-state index is 0.220. The van der Waals surface area contributed by atoms with Crippen molar-refractivity contribution in [1.29, 1.82) is 0 Å². The summed E-state index contributed by atoms with van der Waals surface area (Å²) in [6, 6.07) is 16.0. The largest absolute Gasteiger partial charge is 0.448 e. The number of carbonyl (C=O) groups is 1. The standard InChI is InChI=1S/C19H14N2O2/c1-12-10-21-17(11-20-12)19(22)23-18-15-8-4-2-6-13(15)14-7-3-5-9-16(14)18/h2-11,18H,1H3. The summed E-state index contributed by atoms with van der Waals surface area (Å²) in [5.41, 5.74) is 5.20. The fraction of sp³-hybridized carbons (Fsp3) is 0.105. The number of hydrogen-bond donors (Lipinski definition) is 0. The van der Waals surface area contributed by atoms with Gasteiger partial charge < -0.3 is 4.74 Å². The van der Waals surface area contributed by atoms with E-state index < -0.39 is 12.1 Å². The van der Waals surface area contributed by atoms with Crippen molar-refractivity contribution in [3.05, 3.63) is 83.4 Å². The van der Waals surface area contributed by atoms with Crippen molar-refractivity contribution in [2.24, 2.45) is 0 Å². The van der Waals surface area contributed by atoms with Gasteiger partial charge in [0.1, 0.15) is 0 Å². The van der Waals surface area contributed by atoms with Gasteiger partial charge in [-0.15, -0.1) is 0 Å². The van der Waals surface area contributed by atoms with Gasteiger partial charge in [-0.2, -0.15) is 0 Å². The van der Waals surface area contributed by atoms with E-state index in [9.17, 15) is 4.79 Å². The second kappa shape index (κ2) is 5.32. The lowest BCUT2D eigenvalue weighted by molar-refractivity contribution is 0.0378. The molecular weight excluding hydrogens is 288 g/mol. The van der Waals surface area contributed by atoms with Crippen LogP contribution in [0, 0.1) is 6.92 Å². The van der Waals surface area contributed by atoms with Crippen LogP contribution in [0.3, 0.4) is 0 Å². The zero-order chi connectivity index (χ0) is 15.8. The minimum atomic E-state index is -0.464. The summed E-state index contributed by atoms with van der Waals surface area (Å²) in [5.74, 6) is -0.464. The molecule has 3 aromatic rings. The highest BCUT2D eigenvalue weighted by atomic mass is 16.5. The van der Waals surface area contributed by atoms with Crippen molar-refractivity contribution in [3.8, 4) is 11.1 Å². The molecule has 0 spiro atoms. The van der Waals surface area contributed by atoms with Crippen molar-refractivity contribution in [3.63, 3.8) is 0 Å². The number of fused-ring (bicyclic) bond motifs is 3. The van der Waals surface area contributed by atoms with Crippen molar-refractivity contribution < 1.29 is 9.53 Å². The SMILES string of the molecule is Cc1cnc(C(=O)OC2c3ccccc3-c3ccccc32)cn1. The van der Waals surface area contributed by atoms with Crippen LogP contribution < -0.4 is 0 Å². The van der Waals surface area contributed by atoms with Crippen molar-refractivity contribution >= 4 is 5.97 Å². The molecule has 0 fully saturated rings. The summed E-state index contributed by atoms with van der Waals surface area (Å²) < 4.78 is 5.75. The van der Waals surface area contributed by atoms with Crippen LogP contribution >= 0.6 is 0 Å². The smallest absolute Gasteiger partial charge is 0.359 e. The Labute approximate surface area is 133 Å². The average molecular weight is 302 g/mol. The highest BCUT2D eigenvalue weighted by molar-refractivity contribution is 5.88. The zero-order valence-electron chi connectivity index (χ0n) is 12.6. The number of hydrogen-bond acceptors (Lipinski definition) is 4. The fourth-order valence-electron chi connectivity index (χ4n) is 2.90. The third-order valence-electron chi connectivity index (χ3n) is 3.99.